The van der Waals surface area contributed by atoms with Crippen LogP contribution in [0.4, 0.5) is 0 Å². The van der Waals surface area contributed by atoms with E-state index < -0.39 is 0 Å². The first kappa shape index (κ1) is 11.8. The van der Waals surface area contributed by atoms with Gasteiger partial charge in [-0.15, -0.1) is 0 Å². The summed E-state index contributed by atoms with van der Waals surface area (Å²) < 4.78 is 1.87. The summed E-state index contributed by atoms with van der Waals surface area (Å²) >= 11 is 3.70. The van der Waals surface area contributed by atoms with E-state index in [0.717, 1.165) is 12.3 Å². The lowest BCUT2D eigenvalue weighted by atomic mass is 9.98. The molecule has 0 aliphatic carbocycles. The molecular weight excluding hydrogens is 240 g/mol. The first-order chi connectivity index (χ1) is 6.63. The maximum Gasteiger partial charge on any atom is 0.0521 e. The second-order valence-corrected chi connectivity index (χ2v) is 5.14. The highest BCUT2D eigenvalue weighted by Crippen LogP contribution is 2.21. The van der Waals surface area contributed by atoms with Crippen molar-refractivity contribution < 1.29 is 0 Å². The molecule has 0 N–H and O–H groups in total. The molecule has 1 heterocycles. The van der Waals surface area contributed by atoms with E-state index in [0.29, 0.717) is 4.83 Å². The van der Waals surface area contributed by atoms with Gasteiger partial charge in [-0.25, -0.2) is 0 Å². The Balaban J connectivity index is 2.33. The molecule has 0 aliphatic rings. The fraction of sp³-hybridized carbons (Fsp3) is 0.727. The van der Waals surface area contributed by atoms with Gasteiger partial charge in [0.1, 0.15) is 0 Å². The van der Waals surface area contributed by atoms with Crippen LogP contribution in [0.25, 0.3) is 0 Å². The highest BCUT2D eigenvalue weighted by atomic mass is 79.9. The Labute approximate surface area is 94.8 Å². The van der Waals surface area contributed by atoms with Gasteiger partial charge in [-0.1, -0.05) is 29.8 Å². The quantitative estimate of drug-likeness (QED) is 0.743. The van der Waals surface area contributed by atoms with Crippen LogP contribution in [0.5, 0.6) is 0 Å². The summed E-state index contributed by atoms with van der Waals surface area (Å²) in [6.45, 7) is 4.53. The minimum absolute atomic E-state index is 0.652. The van der Waals surface area contributed by atoms with E-state index in [1.165, 1.54) is 18.4 Å². The molecule has 0 spiro atoms. The Morgan fingerprint density at radius 1 is 1.57 bits per heavy atom. The smallest absolute Gasteiger partial charge is 0.0521 e. The van der Waals surface area contributed by atoms with Crippen LogP contribution >= 0.6 is 15.9 Å². The lowest BCUT2D eigenvalue weighted by molar-refractivity contribution is 0.506. The van der Waals surface area contributed by atoms with Crippen LogP contribution in [-0.2, 0) is 13.5 Å². The van der Waals surface area contributed by atoms with Gasteiger partial charge in [0.2, 0.25) is 0 Å². The number of hydrogen-bond acceptors (Lipinski definition) is 1. The fourth-order valence-corrected chi connectivity index (χ4v) is 1.84. The summed E-state index contributed by atoms with van der Waals surface area (Å²) in [6.07, 6.45) is 7.63. The van der Waals surface area contributed by atoms with Gasteiger partial charge in [0.15, 0.2) is 0 Å². The number of nitrogens with zero attached hydrogens (tertiary/aromatic N) is 2. The third-order valence-electron chi connectivity index (χ3n) is 2.65. The molecule has 0 bridgehead atoms. The summed E-state index contributed by atoms with van der Waals surface area (Å²) in [5.41, 5.74) is 1.34. The number of rotatable bonds is 5. The minimum atomic E-state index is 0.652. The monoisotopic (exact) mass is 258 g/mol. The van der Waals surface area contributed by atoms with Crippen molar-refractivity contribution in [3.8, 4) is 0 Å². The predicted octanol–water partition coefficient (Wildman–Crippen LogP) is 3.16. The van der Waals surface area contributed by atoms with E-state index in [-0.39, 0.29) is 0 Å². The average Bonchev–Trinajstić information content (AvgIpc) is 2.59. The molecule has 1 aromatic rings. The van der Waals surface area contributed by atoms with Gasteiger partial charge < -0.3 is 0 Å². The van der Waals surface area contributed by atoms with Gasteiger partial charge in [0.05, 0.1) is 6.20 Å². The SMILES string of the molecule is CCC(Br)C(C)CCc1cnn(C)c1. The molecule has 2 nitrogen and oxygen atoms in total. The van der Waals surface area contributed by atoms with Crippen molar-refractivity contribution in [3.05, 3.63) is 18.0 Å². The van der Waals surface area contributed by atoms with Gasteiger partial charge in [-0.2, -0.15) is 5.10 Å². The zero-order valence-electron chi connectivity index (χ0n) is 9.20. The Kier molecular flexibility index (Phi) is 4.66. The zero-order valence-corrected chi connectivity index (χ0v) is 10.8. The zero-order chi connectivity index (χ0) is 10.6. The Morgan fingerprint density at radius 2 is 2.29 bits per heavy atom. The Bertz CT molecular complexity index is 270. The summed E-state index contributed by atoms with van der Waals surface area (Å²) in [5, 5.41) is 4.16. The molecule has 2 atom stereocenters. The van der Waals surface area contributed by atoms with E-state index in [2.05, 4.69) is 41.1 Å². The van der Waals surface area contributed by atoms with Crippen LogP contribution in [0, 0.1) is 5.92 Å². The molecule has 14 heavy (non-hydrogen) atoms. The van der Waals surface area contributed by atoms with Gasteiger partial charge in [-0.05, 0) is 30.7 Å². The van der Waals surface area contributed by atoms with E-state index in [9.17, 15) is 0 Å². The maximum atomic E-state index is 4.16. The van der Waals surface area contributed by atoms with Crippen molar-refractivity contribution in [3.63, 3.8) is 0 Å². The van der Waals surface area contributed by atoms with Crippen molar-refractivity contribution in [2.45, 2.75) is 37.9 Å². The van der Waals surface area contributed by atoms with Crippen LogP contribution in [0.15, 0.2) is 12.4 Å². The van der Waals surface area contributed by atoms with E-state index in [1.807, 2.05) is 17.9 Å². The van der Waals surface area contributed by atoms with Gasteiger partial charge >= 0.3 is 0 Å². The molecule has 2 unspecified atom stereocenters. The second-order valence-electron chi connectivity index (χ2n) is 3.96. The molecule has 0 aromatic carbocycles. The Hall–Kier alpha value is -0.310. The van der Waals surface area contributed by atoms with Gasteiger partial charge in [0.25, 0.3) is 0 Å². The summed E-state index contributed by atoms with van der Waals surface area (Å²) in [4.78, 5) is 0.652. The van der Waals surface area contributed by atoms with E-state index in [4.69, 9.17) is 0 Å². The maximum absolute atomic E-state index is 4.16. The van der Waals surface area contributed by atoms with Crippen molar-refractivity contribution in [2.24, 2.45) is 13.0 Å². The fourth-order valence-electron chi connectivity index (χ4n) is 1.58. The minimum Gasteiger partial charge on any atom is -0.276 e. The first-order valence-electron chi connectivity index (χ1n) is 5.25. The standard InChI is InChI=1S/C11H19BrN2/c1-4-11(12)9(2)5-6-10-7-13-14(3)8-10/h7-9,11H,4-6H2,1-3H3. The molecule has 0 fully saturated rings. The number of hydrogen-bond donors (Lipinski definition) is 0. The van der Waals surface area contributed by atoms with Gasteiger partial charge in [-0.3, -0.25) is 4.68 Å². The molecule has 3 heteroatoms. The lowest BCUT2D eigenvalue weighted by Crippen LogP contribution is -2.10. The number of aryl methyl sites for hydroxylation is 2. The molecule has 0 saturated heterocycles. The summed E-state index contributed by atoms with van der Waals surface area (Å²) in [5.74, 6) is 0.736. The predicted molar refractivity (Wildman–Crippen MR) is 63.7 cm³/mol. The lowest BCUT2D eigenvalue weighted by Gasteiger charge is -2.15. The van der Waals surface area contributed by atoms with Crippen LogP contribution in [0.3, 0.4) is 0 Å². The van der Waals surface area contributed by atoms with Crippen LogP contribution in [0.2, 0.25) is 0 Å². The molecular formula is C11H19BrN2. The third-order valence-corrected chi connectivity index (χ3v) is 4.20. The molecule has 1 aromatic heterocycles. The van der Waals surface area contributed by atoms with Crippen LogP contribution in [0.1, 0.15) is 32.3 Å². The van der Waals surface area contributed by atoms with Gasteiger partial charge in [0, 0.05) is 18.1 Å². The molecule has 80 valence electrons. The van der Waals surface area contributed by atoms with Crippen LogP contribution < -0.4 is 0 Å². The van der Waals surface area contributed by atoms with Crippen molar-refractivity contribution >= 4 is 15.9 Å². The van der Waals surface area contributed by atoms with Crippen molar-refractivity contribution in [2.75, 3.05) is 0 Å². The summed E-state index contributed by atoms with van der Waals surface area (Å²) in [6, 6.07) is 0. The topological polar surface area (TPSA) is 17.8 Å². The molecule has 0 aliphatic heterocycles. The largest absolute Gasteiger partial charge is 0.276 e. The highest BCUT2D eigenvalue weighted by molar-refractivity contribution is 9.09. The Morgan fingerprint density at radius 3 is 2.79 bits per heavy atom. The molecule has 0 radical (unpaired) electrons. The van der Waals surface area contributed by atoms with Crippen molar-refractivity contribution in [1.29, 1.82) is 0 Å². The normalized spacial score (nSPS) is 15.4. The van der Waals surface area contributed by atoms with E-state index in [1.54, 1.807) is 0 Å². The highest BCUT2D eigenvalue weighted by Gasteiger charge is 2.11. The number of aromatic nitrogens is 2. The first-order valence-corrected chi connectivity index (χ1v) is 6.16. The number of halogens is 1. The molecule has 0 saturated carbocycles. The van der Waals surface area contributed by atoms with Crippen molar-refractivity contribution in [1.82, 2.24) is 9.78 Å². The molecule has 0 amide bonds. The van der Waals surface area contributed by atoms with Crippen LogP contribution in [-0.4, -0.2) is 14.6 Å². The average molecular weight is 259 g/mol. The second kappa shape index (κ2) is 5.54. The summed E-state index contributed by atoms with van der Waals surface area (Å²) in [7, 11) is 1.96. The molecule has 1 rings (SSSR count). The van der Waals surface area contributed by atoms with E-state index >= 15 is 0 Å². The third kappa shape index (κ3) is 3.45. The number of alkyl halides is 1.